The molecule has 10 heteroatoms. The van der Waals surface area contributed by atoms with Crippen LogP contribution in [-0.4, -0.2) is 37.0 Å². The van der Waals surface area contributed by atoms with E-state index < -0.39 is 12.0 Å². The van der Waals surface area contributed by atoms with E-state index in [-0.39, 0.29) is 12.2 Å². The van der Waals surface area contributed by atoms with Crippen LogP contribution in [0.4, 0.5) is 0 Å². The molecule has 5 rings (SSSR count). The quantitative estimate of drug-likeness (QED) is 0.101. The first-order valence-electron chi connectivity index (χ1n) is 15.9. The van der Waals surface area contributed by atoms with Crippen molar-refractivity contribution >= 4 is 35.0 Å². The zero-order valence-corrected chi connectivity index (χ0v) is 28.4. The number of esters is 1. The van der Waals surface area contributed by atoms with Gasteiger partial charge in [0, 0.05) is 5.02 Å². The Morgan fingerprint density at radius 1 is 0.894 bits per heavy atom. The molecule has 0 fully saturated rings. The fourth-order valence-corrected chi connectivity index (χ4v) is 6.44. The lowest BCUT2D eigenvalue weighted by atomic mass is 9.96. The summed E-state index contributed by atoms with van der Waals surface area (Å²) in [5, 5.41) is 0.556. The molecular weight excluding hydrogens is 636 g/mol. The van der Waals surface area contributed by atoms with Crippen LogP contribution in [0.3, 0.4) is 0 Å². The summed E-state index contributed by atoms with van der Waals surface area (Å²) in [6.07, 6.45) is 6.50. The predicted octanol–water partition coefficient (Wildman–Crippen LogP) is 6.87. The largest absolute Gasteiger partial charge is 0.494 e. The zero-order valence-electron chi connectivity index (χ0n) is 26.9. The molecule has 8 nitrogen and oxygen atoms in total. The van der Waals surface area contributed by atoms with E-state index in [1.807, 2.05) is 66.7 Å². The number of ether oxygens (including phenoxy) is 4. The van der Waals surface area contributed by atoms with Crippen LogP contribution < -0.4 is 29.1 Å². The number of unbranched alkanes of at least 4 members (excludes halogenated alkanes) is 3. The highest BCUT2D eigenvalue weighted by molar-refractivity contribution is 7.07. The first-order valence-corrected chi connectivity index (χ1v) is 17.1. The molecule has 1 aromatic heterocycles. The predicted molar refractivity (Wildman–Crippen MR) is 185 cm³/mol. The molecule has 4 aromatic rings. The molecule has 246 valence electrons. The Hall–Kier alpha value is -4.34. The van der Waals surface area contributed by atoms with E-state index in [9.17, 15) is 9.59 Å². The first-order chi connectivity index (χ1) is 22.9. The highest BCUT2D eigenvalue weighted by Crippen LogP contribution is 2.31. The number of fused-ring (bicyclic) bond motifs is 1. The average molecular weight is 675 g/mol. The van der Waals surface area contributed by atoms with Gasteiger partial charge >= 0.3 is 5.97 Å². The minimum atomic E-state index is -0.696. The lowest BCUT2D eigenvalue weighted by Gasteiger charge is -2.24. The van der Waals surface area contributed by atoms with Gasteiger partial charge in [-0.15, -0.1) is 0 Å². The molecule has 0 saturated carbocycles. The second-order valence-corrected chi connectivity index (χ2v) is 12.4. The number of benzene rings is 3. The standard InChI is InChI=1S/C37H39ClN2O6S/c1-4-6-7-8-20-44-29-16-18-30(19-17-29)45-21-22-46-31-11-9-10-26(23-31)24-32-35(41)40-34(27-12-14-28(38)15-13-27)33(36(42)43-5-2)25(3)39-37(40)47-32/h9-19,23-24,34H,4-8,20-22H2,1-3H3. The molecule has 0 spiro atoms. The van der Waals surface area contributed by atoms with E-state index in [2.05, 4.69) is 11.9 Å². The van der Waals surface area contributed by atoms with Gasteiger partial charge in [0.1, 0.15) is 30.5 Å². The molecule has 0 saturated heterocycles. The van der Waals surface area contributed by atoms with Gasteiger partial charge in [-0.2, -0.15) is 0 Å². The molecule has 0 bridgehead atoms. The smallest absolute Gasteiger partial charge is 0.338 e. The fraction of sp³-hybridized carbons (Fsp3) is 0.324. The number of carbonyl (C=O) groups excluding carboxylic acids is 1. The van der Waals surface area contributed by atoms with E-state index in [0.717, 1.165) is 35.7 Å². The Labute approximate surface area is 283 Å². The van der Waals surface area contributed by atoms with Crippen LogP contribution in [0.5, 0.6) is 17.2 Å². The number of halogens is 1. The van der Waals surface area contributed by atoms with E-state index in [1.165, 1.54) is 30.6 Å². The number of carbonyl (C=O) groups is 1. The number of thiazole rings is 1. The molecule has 1 atom stereocenters. The Morgan fingerprint density at radius 2 is 1.57 bits per heavy atom. The maximum atomic E-state index is 13.9. The minimum Gasteiger partial charge on any atom is -0.494 e. The molecule has 47 heavy (non-hydrogen) atoms. The van der Waals surface area contributed by atoms with Crippen molar-refractivity contribution in [2.45, 2.75) is 52.5 Å². The maximum Gasteiger partial charge on any atom is 0.338 e. The van der Waals surface area contributed by atoms with E-state index >= 15 is 0 Å². The number of nitrogens with zero attached hydrogens (tertiary/aromatic N) is 2. The summed E-state index contributed by atoms with van der Waals surface area (Å²) in [5.41, 5.74) is 2.11. The summed E-state index contributed by atoms with van der Waals surface area (Å²) < 4.78 is 25.0. The Kier molecular flexibility index (Phi) is 11.9. The van der Waals surface area contributed by atoms with Crippen molar-refractivity contribution in [2.75, 3.05) is 26.4 Å². The summed E-state index contributed by atoms with van der Waals surface area (Å²) in [6.45, 7) is 7.35. The van der Waals surface area contributed by atoms with Gasteiger partial charge in [-0.05, 0) is 86.0 Å². The van der Waals surface area contributed by atoms with E-state index in [4.69, 9.17) is 30.5 Å². The number of hydrogen-bond donors (Lipinski definition) is 0. The molecule has 0 aliphatic carbocycles. The van der Waals surface area contributed by atoms with Crippen molar-refractivity contribution < 1.29 is 23.7 Å². The highest BCUT2D eigenvalue weighted by atomic mass is 35.5. The van der Waals surface area contributed by atoms with Crippen LogP contribution in [0.15, 0.2) is 93.9 Å². The topological polar surface area (TPSA) is 88.4 Å². The molecule has 2 heterocycles. The summed E-state index contributed by atoms with van der Waals surface area (Å²) in [7, 11) is 0. The molecular formula is C37H39ClN2O6S. The number of aromatic nitrogens is 1. The van der Waals surface area contributed by atoms with Gasteiger partial charge < -0.3 is 18.9 Å². The first kappa shape index (κ1) is 34.0. The monoisotopic (exact) mass is 674 g/mol. The molecule has 0 radical (unpaired) electrons. The lowest BCUT2D eigenvalue weighted by Crippen LogP contribution is -2.39. The molecule has 1 aliphatic heterocycles. The maximum absolute atomic E-state index is 13.9. The van der Waals surface area contributed by atoms with Crippen LogP contribution in [0, 0.1) is 0 Å². The van der Waals surface area contributed by atoms with Crippen LogP contribution in [0.1, 0.15) is 63.6 Å². The molecule has 0 N–H and O–H groups in total. The fourth-order valence-electron chi connectivity index (χ4n) is 5.27. The number of rotatable bonds is 15. The Balaban J connectivity index is 1.27. The van der Waals surface area contributed by atoms with Crippen molar-refractivity contribution in [3.63, 3.8) is 0 Å². The summed E-state index contributed by atoms with van der Waals surface area (Å²) >= 11 is 7.42. The van der Waals surface area contributed by atoms with Gasteiger partial charge in [0.05, 0.1) is 35.1 Å². The van der Waals surface area contributed by atoms with Gasteiger partial charge in [-0.25, -0.2) is 9.79 Å². The average Bonchev–Trinajstić information content (AvgIpc) is 3.37. The van der Waals surface area contributed by atoms with Gasteiger partial charge in [-0.3, -0.25) is 9.36 Å². The second-order valence-electron chi connectivity index (χ2n) is 11.0. The van der Waals surface area contributed by atoms with Crippen LogP contribution in [0.2, 0.25) is 5.02 Å². The number of allylic oxidation sites excluding steroid dienone is 1. The van der Waals surface area contributed by atoms with Gasteiger partial charge in [0.25, 0.3) is 5.56 Å². The van der Waals surface area contributed by atoms with Gasteiger partial charge in [0.2, 0.25) is 0 Å². The third kappa shape index (κ3) is 8.73. The Bertz CT molecular complexity index is 1880. The van der Waals surface area contributed by atoms with E-state index in [1.54, 1.807) is 30.5 Å². The van der Waals surface area contributed by atoms with Crippen molar-refractivity contribution in [3.8, 4) is 17.2 Å². The van der Waals surface area contributed by atoms with Crippen LogP contribution in [-0.2, 0) is 9.53 Å². The molecule has 1 aliphatic rings. The number of hydrogen-bond acceptors (Lipinski definition) is 8. The van der Waals surface area contributed by atoms with Gasteiger partial charge in [0.15, 0.2) is 4.80 Å². The van der Waals surface area contributed by atoms with Crippen molar-refractivity contribution in [1.29, 1.82) is 0 Å². The minimum absolute atomic E-state index is 0.208. The van der Waals surface area contributed by atoms with Crippen LogP contribution in [0.25, 0.3) is 6.08 Å². The van der Waals surface area contributed by atoms with Crippen molar-refractivity contribution in [3.05, 3.63) is 120 Å². The molecule has 1 unspecified atom stereocenters. The second kappa shape index (κ2) is 16.5. The zero-order chi connectivity index (χ0) is 33.2. The Morgan fingerprint density at radius 3 is 2.26 bits per heavy atom. The third-order valence-electron chi connectivity index (χ3n) is 7.57. The third-order valence-corrected chi connectivity index (χ3v) is 8.80. The SMILES string of the molecule is CCCCCCOc1ccc(OCCOc2cccc(C=c3sc4n(c3=O)C(c3ccc(Cl)cc3)C(C(=O)OCC)=C(C)N=4)c2)cc1. The van der Waals surface area contributed by atoms with Crippen LogP contribution >= 0.6 is 22.9 Å². The summed E-state index contributed by atoms with van der Waals surface area (Å²) in [5.74, 6) is 1.73. The highest BCUT2D eigenvalue weighted by Gasteiger charge is 2.33. The summed E-state index contributed by atoms with van der Waals surface area (Å²) in [6, 6.07) is 21.5. The lowest BCUT2D eigenvalue weighted by molar-refractivity contribution is -0.139. The van der Waals surface area contributed by atoms with Crippen molar-refractivity contribution in [1.82, 2.24) is 4.57 Å². The molecule has 0 amide bonds. The van der Waals surface area contributed by atoms with E-state index in [0.29, 0.717) is 44.6 Å². The molecule has 3 aromatic carbocycles. The summed E-state index contributed by atoms with van der Waals surface area (Å²) in [4.78, 5) is 32.1. The van der Waals surface area contributed by atoms with Gasteiger partial charge in [-0.1, -0.05) is 73.4 Å². The normalized spacial score (nSPS) is 14.4. The van der Waals surface area contributed by atoms with Crippen molar-refractivity contribution in [2.24, 2.45) is 4.99 Å².